The molecule has 1 heterocycles. The molecule has 0 unspecified atom stereocenters. The van der Waals surface area contributed by atoms with Gasteiger partial charge in [0.2, 0.25) is 15.9 Å². The molecule has 0 bridgehead atoms. The van der Waals surface area contributed by atoms with Crippen LogP contribution in [0.3, 0.4) is 0 Å². The molecule has 2 aromatic carbocycles. The lowest BCUT2D eigenvalue weighted by atomic mass is 10.1. The Morgan fingerprint density at radius 1 is 1.00 bits per heavy atom. The summed E-state index contributed by atoms with van der Waals surface area (Å²) in [6.45, 7) is 0.654. The normalized spacial score (nSPS) is 15.5. The molecule has 35 heavy (non-hydrogen) atoms. The Morgan fingerprint density at radius 3 is 2.51 bits per heavy atom. The standard InChI is InChI=1S/C26H25FN2O5S/c27-24-13-19(26(30)29-35(31,32)23-9-10-23)6-7-21(24)16-33-22-3-1-2-18(12-22)20-8-11-25(28-14-20)34-15-17-4-5-17/h1-3,6-8,11-14,17,23H,4-5,9-10,15-16H2,(H,29,30). The van der Waals surface area contributed by atoms with E-state index in [0.717, 1.165) is 17.2 Å². The summed E-state index contributed by atoms with van der Waals surface area (Å²) >= 11 is 0. The molecule has 2 fully saturated rings. The molecule has 0 aliphatic heterocycles. The van der Waals surface area contributed by atoms with E-state index in [0.29, 0.717) is 37.0 Å². The number of hydrogen-bond donors (Lipinski definition) is 1. The van der Waals surface area contributed by atoms with E-state index >= 15 is 0 Å². The quantitative estimate of drug-likeness (QED) is 0.445. The number of hydrogen-bond acceptors (Lipinski definition) is 6. The van der Waals surface area contributed by atoms with Crippen LogP contribution < -0.4 is 14.2 Å². The number of rotatable bonds is 10. The number of halogens is 1. The van der Waals surface area contributed by atoms with Crippen LogP contribution in [0.25, 0.3) is 11.1 Å². The van der Waals surface area contributed by atoms with Crippen molar-refractivity contribution >= 4 is 15.9 Å². The smallest absolute Gasteiger partial charge is 0.264 e. The molecule has 1 amide bonds. The van der Waals surface area contributed by atoms with E-state index in [9.17, 15) is 17.6 Å². The number of nitrogens with one attached hydrogen (secondary N) is 1. The van der Waals surface area contributed by atoms with E-state index in [1.165, 1.54) is 25.0 Å². The minimum atomic E-state index is -3.70. The second-order valence-electron chi connectivity index (χ2n) is 8.94. The maximum absolute atomic E-state index is 14.6. The molecule has 7 nitrogen and oxygen atoms in total. The summed E-state index contributed by atoms with van der Waals surface area (Å²) in [4.78, 5) is 16.6. The molecule has 1 N–H and O–H groups in total. The number of aromatic nitrogens is 1. The Morgan fingerprint density at radius 2 is 1.83 bits per heavy atom. The van der Waals surface area contributed by atoms with Crippen LogP contribution >= 0.6 is 0 Å². The van der Waals surface area contributed by atoms with Crippen LogP contribution in [0.5, 0.6) is 11.6 Å². The Bertz CT molecular complexity index is 1340. The summed E-state index contributed by atoms with van der Waals surface area (Å²) in [5.74, 6) is 0.322. The van der Waals surface area contributed by atoms with Crippen LogP contribution in [0.2, 0.25) is 0 Å². The Labute approximate surface area is 203 Å². The van der Waals surface area contributed by atoms with E-state index in [-0.39, 0.29) is 17.7 Å². The average Bonchev–Trinajstić information content (AvgIpc) is 3.76. The molecular weight excluding hydrogens is 471 g/mol. The molecule has 2 aliphatic carbocycles. The molecule has 3 aromatic rings. The van der Waals surface area contributed by atoms with Crippen LogP contribution in [0, 0.1) is 11.7 Å². The zero-order valence-electron chi connectivity index (χ0n) is 18.9. The first-order valence-electron chi connectivity index (χ1n) is 11.5. The first-order chi connectivity index (χ1) is 16.9. The molecule has 0 atom stereocenters. The Balaban J connectivity index is 1.20. The zero-order chi connectivity index (χ0) is 24.4. The third-order valence-electron chi connectivity index (χ3n) is 5.98. The highest BCUT2D eigenvalue weighted by molar-refractivity contribution is 7.91. The number of sulfonamides is 1. The predicted molar refractivity (Wildman–Crippen MR) is 128 cm³/mol. The van der Waals surface area contributed by atoms with Gasteiger partial charge in [0.05, 0.1) is 11.9 Å². The number of amides is 1. The zero-order valence-corrected chi connectivity index (χ0v) is 19.8. The van der Waals surface area contributed by atoms with E-state index in [4.69, 9.17) is 9.47 Å². The summed E-state index contributed by atoms with van der Waals surface area (Å²) in [6, 6.07) is 15.0. The van der Waals surface area contributed by atoms with Crippen LogP contribution in [-0.4, -0.2) is 31.2 Å². The second kappa shape index (κ2) is 9.65. The predicted octanol–water partition coefficient (Wildman–Crippen LogP) is 4.48. The van der Waals surface area contributed by atoms with Crippen molar-refractivity contribution in [1.82, 2.24) is 9.71 Å². The van der Waals surface area contributed by atoms with Gasteiger partial charge in [-0.25, -0.2) is 22.5 Å². The maximum Gasteiger partial charge on any atom is 0.264 e. The molecule has 2 saturated carbocycles. The molecule has 1 aromatic heterocycles. The molecular formula is C26H25FN2O5S. The molecule has 182 valence electrons. The molecule has 0 radical (unpaired) electrons. The highest BCUT2D eigenvalue weighted by atomic mass is 32.2. The number of pyridine rings is 1. The maximum atomic E-state index is 14.6. The molecule has 5 rings (SSSR count). The van der Waals surface area contributed by atoms with Gasteiger partial charge < -0.3 is 9.47 Å². The Hall–Kier alpha value is -3.46. The first-order valence-corrected chi connectivity index (χ1v) is 13.1. The van der Waals surface area contributed by atoms with Gasteiger partial charge in [-0.2, -0.15) is 0 Å². The summed E-state index contributed by atoms with van der Waals surface area (Å²) in [5, 5.41) is -0.533. The lowest BCUT2D eigenvalue weighted by molar-refractivity contribution is 0.0980. The summed E-state index contributed by atoms with van der Waals surface area (Å²) in [5.41, 5.74) is 1.98. The molecule has 0 spiro atoms. The largest absolute Gasteiger partial charge is 0.489 e. The van der Waals surface area contributed by atoms with Crippen molar-refractivity contribution in [1.29, 1.82) is 0 Å². The minimum absolute atomic E-state index is 0.0518. The third-order valence-corrected chi connectivity index (χ3v) is 7.79. The topological polar surface area (TPSA) is 94.6 Å². The fourth-order valence-corrected chi connectivity index (χ4v) is 4.81. The third kappa shape index (κ3) is 5.97. The van der Waals surface area contributed by atoms with Gasteiger partial charge in [0.1, 0.15) is 18.2 Å². The number of ether oxygens (including phenoxy) is 2. The van der Waals surface area contributed by atoms with Crippen LogP contribution in [0.1, 0.15) is 41.6 Å². The highest BCUT2D eigenvalue weighted by Gasteiger charge is 2.37. The van der Waals surface area contributed by atoms with E-state index < -0.39 is 27.0 Å². The van der Waals surface area contributed by atoms with Crippen LogP contribution in [0.4, 0.5) is 4.39 Å². The lowest BCUT2D eigenvalue weighted by Gasteiger charge is -2.11. The number of carbonyl (C=O) groups excluding carboxylic acids is 1. The number of benzene rings is 2. The van der Waals surface area contributed by atoms with Crippen molar-refractivity contribution < 1.29 is 27.1 Å². The lowest BCUT2D eigenvalue weighted by Crippen LogP contribution is -2.33. The Kier molecular flexibility index (Phi) is 6.42. The van der Waals surface area contributed by atoms with Gasteiger partial charge in [0.15, 0.2) is 0 Å². The summed E-state index contributed by atoms with van der Waals surface area (Å²) in [7, 11) is -3.70. The molecule has 9 heteroatoms. The van der Waals surface area contributed by atoms with Gasteiger partial charge >= 0.3 is 0 Å². The van der Waals surface area contributed by atoms with Gasteiger partial charge in [0, 0.05) is 29.0 Å². The van der Waals surface area contributed by atoms with E-state index in [2.05, 4.69) is 4.98 Å². The first kappa shape index (κ1) is 23.3. The van der Waals surface area contributed by atoms with Crippen molar-refractivity contribution in [2.75, 3.05) is 6.61 Å². The second-order valence-corrected chi connectivity index (χ2v) is 10.9. The van der Waals surface area contributed by atoms with Crippen molar-refractivity contribution in [2.45, 2.75) is 37.5 Å². The van der Waals surface area contributed by atoms with Crippen molar-refractivity contribution in [3.63, 3.8) is 0 Å². The molecule has 2 aliphatic rings. The van der Waals surface area contributed by atoms with Gasteiger partial charge in [-0.15, -0.1) is 0 Å². The van der Waals surface area contributed by atoms with Crippen LogP contribution in [0.15, 0.2) is 60.8 Å². The fourth-order valence-electron chi connectivity index (χ4n) is 3.51. The SMILES string of the molecule is O=C(NS(=O)(=O)C1CC1)c1ccc(COc2cccc(-c3ccc(OCC4CC4)nc3)c2)c(F)c1. The van der Waals surface area contributed by atoms with E-state index in [1.54, 1.807) is 12.3 Å². The van der Waals surface area contributed by atoms with Crippen molar-refractivity contribution in [3.8, 4) is 22.8 Å². The van der Waals surface area contributed by atoms with E-state index in [1.807, 2.05) is 35.1 Å². The van der Waals surface area contributed by atoms with Gasteiger partial charge in [-0.3, -0.25) is 4.79 Å². The fraction of sp³-hybridized carbons (Fsp3) is 0.308. The van der Waals surface area contributed by atoms with Gasteiger partial charge in [-0.05, 0) is 67.5 Å². The summed E-state index contributed by atoms with van der Waals surface area (Å²) in [6.07, 6.45) is 5.25. The van der Waals surface area contributed by atoms with Crippen LogP contribution in [-0.2, 0) is 16.6 Å². The number of nitrogens with zero attached hydrogens (tertiary/aromatic N) is 1. The molecule has 0 saturated heterocycles. The van der Waals surface area contributed by atoms with Crippen molar-refractivity contribution in [2.24, 2.45) is 5.92 Å². The average molecular weight is 497 g/mol. The minimum Gasteiger partial charge on any atom is -0.489 e. The van der Waals surface area contributed by atoms with Crippen molar-refractivity contribution in [3.05, 3.63) is 77.7 Å². The van der Waals surface area contributed by atoms with Gasteiger partial charge in [0.25, 0.3) is 5.91 Å². The number of carbonyl (C=O) groups is 1. The summed E-state index contributed by atoms with van der Waals surface area (Å²) < 4.78 is 51.9. The monoisotopic (exact) mass is 496 g/mol. The van der Waals surface area contributed by atoms with Gasteiger partial charge in [-0.1, -0.05) is 18.2 Å². The highest BCUT2D eigenvalue weighted by Crippen LogP contribution is 2.30.